The fourth-order valence-electron chi connectivity index (χ4n) is 1.14. The molecule has 0 aliphatic rings. The van der Waals surface area contributed by atoms with Crippen molar-refractivity contribution in [3.63, 3.8) is 0 Å². The molecule has 2 N–H and O–H groups in total. The summed E-state index contributed by atoms with van der Waals surface area (Å²) >= 11 is 0. The average molecular weight is 247 g/mol. The zero-order valence-corrected chi connectivity index (χ0v) is 8.40. The molecule has 1 rings (SSSR count). The third kappa shape index (κ3) is 3.47. The number of hydrogen-bond acceptors (Lipinski definition) is 3. The molecule has 0 aliphatic heterocycles. The van der Waals surface area contributed by atoms with Gasteiger partial charge in [0.05, 0.1) is 11.3 Å². The summed E-state index contributed by atoms with van der Waals surface area (Å²) in [5.41, 5.74) is -1.29. The number of allylic oxidation sites excluding steroid dienone is 1. The molecule has 1 aromatic rings. The van der Waals surface area contributed by atoms with Gasteiger partial charge in [-0.1, -0.05) is 0 Å². The normalized spacial score (nSPS) is 12.5. The van der Waals surface area contributed by atoms with Crippen LogP contribution in [-0.2, 0) is 17.4 Å². The minimum atomic E-state index is -4.56. The van der Waals surface area contributed by atoms with Gasteiger partial charge in [-0.15, -0.1) is 0 Å². The molecule has 0 bridgehead atoms. The Bertz CT molecular complexity index is 454. The fourth-order valence-corrected chi connectivity index (χ4v) is 1.14. The maximum Gasteiger partial charge on any atom is 0.418 e. The average Bonchev–Trinajstić information content (AvgIpc) is 2.24. The minimum Gasteiger partial charge on any atom is -0.502 e. The second-order valence-corrected chi connectivity index (χ2v) is 3.09. The van der Waals surface area contributed by atoms with E-state index in [0.29, 0.717) is 0 Å². The Morgan fingerprint density at radius 2 is 2.06 bits per heavy atom. The molecule has 17 heavy (non-hydrogen) atoms. The van der Waals surface area contributed by atoms with Gasteiger partial charge in [0.2, 0.25) is 0 Å². The van der Waals surface area contributed by atoms with Crippen LogP contribution < -0.4 is 0 Å². The van der Waals surface area contributed by atoms with Crippen molar-refractivity contribution in [2.75, 3.05) is 0 Å². The van der Waals surface area contributed by atoms with Crippen molar-refractivity contribution in [3.8, 4) is 0 Å². The number of carboxylic acid groups (broad SMARTS) is 1. The number of aliphatic hydroxyl groups is 1. The van der Waals surface area contributed by atoms with Crippen LogP contribution in [0.4, 0.5) is 13.2 Å². The number of aliphatic carboxylic acids is 1. The number of halogens is 3. The minimum absolute atomic E-state index is 0.340. The van der Waals surface area contributed by atoms with Gasteiger partial charge in [0.15, 0.2) is 5.76 Å². The van der Waals surface area contributed by atoms with E-state index in [-0.39, 0.29) is 5.69 Å². The standard InChI is InChI=1S/C10H8F3NO3/c11-10(12,13)6-2-1-5-14-7(6)3-4-8(15)9(16)17/h1-2,4-5,15H,3H2,(H,16,17). The summed E-state index contributed by atoms with van der Waals surface area (Å²) in [6.45, 7) is 0. The lowest BCUT2D eigenvalue weighted by Crippen LogP contribution is -2.10. The third-order valence-electron chi connectivity index (χ3n) is 1.90. The molecule has 0 aromatic carbocycles. The van der Waals surface area contributed by atoms with E-state index >= 15 is 0 Å². The van der Waals surface area contributed by atoms with Crippen molar-refractivity contribution in [1.29, 1.82) is 0 Å². The largest absolute Gasteiger partial charge is 0.502 e. The molecule has 0 saturated carbocycles. The van der Waals surface area contributed by atoms with Crippen molar-refractivity contribution < 1.29 is 28.2 Å². The molecule has 0 aliphatic carbocycles. The first-order chi connectivity index (χ1) is 7.82. The molecule has 0 saturated heterocycles. The molecule has 0 spiro atoms. The summed E-state index contributed by atoms with van der Waals surface area (Å²) in [7, 11) is 0. The molecule has 4 nitrogen and oxygen atoms in total. The Labute approximate surface area is 94.0 Å². The highest BCUT2D eigenvalue weighted by Gasteiger charge is 2.33. The van der Waals surface area contributed by atoms with Crippen LogP contribution in [0.1, 0.15) is 11.3 Å². The lowest BCUT2D eigenvalue weighted by molar-refractivity contribution is -0.138. The van der Waals surface area contributed by atoms with E-state index in [0.717, 1.165) is 24.4 Å². The summed E-state index contributed by atoms with van der Waals surface area (Å²) in [4.78, 5) is 13.7. The van der Waals surface area contributed by atoms with Crippen LogP contribution in [0.3, 0.4) is 0 Å². The SMILES string of the molecule is O=C(O)C(O)=CCc1ncccc1C(F)(F)F. The predicted octanol–water partition coefficient (Wildman–Crippen LogP) is 2.17. The maximum absolute atomic E-state index is 12.5. The highest BCUT2D eigenvalue weighted by atomic mass is 19.4. The summed E-state index contributed by atoms with van der Waals surface area (Å²) in [5.74, 6) is -2.61. The van der Waals surface area contributed by atoms with Gasteiger partial charge < -0.3 is 10.2 Å². The Morgan fingerprint density at radius 3 is 2.59 bits per heavy atom. The van der Waals surface area contributed by atoms with E-state index in [1.165, 1.54) is 0 Å². The number of carbonyl (C=O) groups is 1. The van der Waals surface area contributed by atoms with Crippen molar-refractivity contribution in [3.05, 3.63) is 41.4 Å². The van der Waals surface area contributed by atoms with E-state index < -0.39 is 29.9 Å². The highest BCUT2D eigenvalue weighted by Crippen LogP contribution is 2.31. The molecule has 0 radical (unpaired) electrons. The van der Waals surface area contributed by atoms with E-state index in [1.54, 1.807) is 0 Å². The highest BCUT2D eigenvalue weighted by molar-refractivity contribution is 5.83. The Balaban J connectivity index is 3.00. The van der Waals surface area contributed by atoms with Crippen LogP contribution in [-0.4, -0.2) is 21.2 Å². The van der Waals surface area contributed by atoms with Gasteiger partial charge in [0, 0.05) is 12.6 Å². The number of alkyl halides is 3. The third-order valence-corrected chi connectivity index (χ3v) is 1.90. The summed E-state index contributed by atoms with van der Waals surface area (Å²) < 4.78 is 37.5. The second-order valence-electron chi connectivity index (χ2n) is 3.09. The Hall–Kier alpha value is -2.05. The molecule has 0 atom stereocenters. The van der Waals surface area contributed by atoms with Crippen LogP contribution in [0.2, 0.25) is 0 Å². The first-order valence-electron chi connectivity index (χ1n) is 4.46. The number of carboxylic acids is 1. The van der Waals surface area contributed by atoms with Crippen molar-refractivity contribution in [1.82, 2.24) is 4.98 Å². The summed E-state index contributed by atoms with van der Waals surface area (Å²) in [6.07, 6.45) is -3.04. The maximum atomic E-state index is 12.5. The van der Waals surface area contributed by atoms with E-state index in [1.807, 2.05) is 0 Å². The molecule has 92 valence electrons. The number of aliphatic hydroxyl groups excluding tert-OH is 1. The number of hydrogen-bond donors (Lipinski definition) is 2. The van der Waals surface area contributed by atoms with Crippen molar-refractivity contribution in [2.24, 2.45) is 0 Å². The van der Waals surface area contributed by atoms with E-state index in [2.05, 4.69) is 4.98 Å². The van der Waals surface area contributed by atoms with E-state index in [4.69, 9.17) is 10.2 Å². The second kappa shape index (κ2) is 4.86. The van der Waals surface area contributed by atoms with Gasteiger partial charge in [0.25, 0.3) is 0 Å². The van der Waals surface area contributed by atoms with Gasteiger partial charge in [-0.2, -0.15) is 13.2 Å². The van der Waals surface area contributed by atoms with Crippen molar-refractivity contribution in [2.45, 2.75) is 12.6 Å². The van der Waals surface area contributed by atoms with Crippen LogP contribution in [0, 0.1) is 0 Å². The molecule has 7 heteroatoms. The zero-order valence-electron chi connectivity index (χ0n) is 8.40. The fraction of sp³-hybridized carbons (Fsp3) is 0.200. The number of aromatic nitrogens is 1. The predicted molar refractivity (Wildman–Crippen MR) is 51.3 cm³/mol. The van der Waals surface area contributed by atoms with Gasteiger partial charge in [0.1, 0.15) is 0 Å². The molecular weight excluding hydrogens is 239 g/mol. The van der Waals surface area contributed by atoms with Crippen LogP contribution in [0.15, 0.2) is 30.2 Å². The topological polar surface area (TPSA) is 70.4 Å². The first kappa shape index (κ1) is 13.0. The van der Waals surface area contributed by atoms with Crippen LogP contribution in [0.25, 0.3) is 0 Å². The summed E-state index contributed by atoms with van der Waals surface area (Å²) in [5, 5.41) is 17.2. The first-order valence-corrected chi connectivity index (χ1v) is 4.46. The van der Waals surface area contributed by atoms with Gasteiger partial charge in [-0.3, -0.25) is 4.98 Å². The zero-order chi connectivity index (χ0) is 13.1. The molecule has 0 unspecified atom stereocenters. The number of pyridine rings is 1. The Morgan fingerprint density at radius 1 is 1.41 bits per heavy atom. The van der Waals surface area contributed by atoms with Gasteiger partial charge >= 0.3 is 12.1 Å². The Kier molecular flexibility index (Phi) is 3.72. The molecule has 1 heterocycles. The van der Waals surface area contributed by atoms with Crippen LogP contribution in [0.5, 0.6) is 0 Å². The van der Waals surface area contributed by atoms with Gasteiger partial charge in [-0.25, -0.2) is 4.79 Å². The molecule has 0 fully saturated rings. The lowest BCUT2D eigenvalue weighted by atomic mass is 10.1. The van der Waals surface area contributed by atoms with E-state index in [9.17, 15) is 18.0 Å². The number of nitrogens with zero attached hydrogens (tertiary/aromatic N) is 1. The quantitative estimate of drug-likeness (QED) is 0.634. The molecule has 1 aromatic heterocycles. The monoisotopic (exact) mass is 247 g/mol. The number of rotatable bonds is 3. The van der Waals surface area contributed by atoms with Gasteiger partial charge in [-0.05, 0) is 18.2 Å². The van der Waals surface area contributed by atoms with Crippen molar-refractivity contribution >= 4 is 5.97 Å². The summed E-state index contributed by atoms with van der Waals surface area (Å²) in [6, 6.07) is 1.97. The van der Waals surface area contributed by atoms with Crippen LogP contribution >= 0.6 is 0 Å². The molecular formula is C10H8F3NO3. The lowest BCUT2D eigenvalue weighted by Gasteiger charge is -2.09. The smallest absolute Gasteiger partial charge is 0.418 e. The molecule has 0 amide bonds.